The topological polar surface area (TPSA) is 77.0 Å². The summed E-state index contributed by atoms with van der Waals surface area (Å²) in [5.41, 5.74) is 0.737. The Kier molecular flexibility index (Phi) is 5.62. The quantitative estimate of drug-likeness (QED) is 0.665. The lowest BCUT2D eigenvalue weighted by Gasteiger charge is -2.10. The van der Waals surface area contributed by atoms with Gasteiger partial charge in [0.1, 0.15) is 11.4 Å². The Morgan fingerprint density at radius 1 is 1.20 bits per heavy atom. The summed E-state index contributed by atoms with van der Waals surface area (Å²) in [4.78, 5) is 17.6. The zero-order valence-electron chi connectivity index (χ0n) is 13.7. The maximum absolute atomic E-state index is 12.4. The highest BCUT2D eigenvalue weighted by atomic mass is 32.2. The number of benzene rings is 1. The Morgan fingerprint density at radius 2 is 2.00 bits per heavy atom. The number of nitrogens with zero attached hydrogens (tertiary/aromatic N) is 3. The smallest absolute Gasteiger partial charge is 0.239 e. The molecule has 0 spiro atoms. The van der Waals surface area contributed by atoms with E-state index in [4.69, 9.17) is 4.74 Å². The fourth-order valence-electron chi connectivity index (χ4n) is 1.99. The van der Waals surface area contributed by atoms with E-state index in [0.717, 1.165) is 16.3 Å². The monoisotopic (exact) mass is 372 g/mol. The van der Waals surface area contributed by atoms with Crippen LogP contribution in [0.25, 0.3) is 10.7 Å². The lowest BCUT2D eigenvalue weighted by atomic mass is 10.3. The van der Waals surface area contributed by atoms with Gasteiger partial charge in [-0.1, -0.05) is 17.4 Å². The first-order chi connectivity index (χ1) is 12.2. The van der Waals surface area contributed by atoms with Crippen LogP contribution in [0.4, 0.5) is 5.13 Å². The van der Waals surface area contributed by atoms with Crippen molar-refractivity contribution in [2.75, 3.05) is 12.4 Å². The molecule has 2 aromatic heterocycles. The molecule has 1 N–H and O–H groups in total. The zero-order chi connectivity index (χ0) is 17.6. The summed E-state index contributed by atoms with van der Waals surface area (Å²) in [5.74, 6) is 0.668. The van der Waals surface area contributed by atoms with E-state index < -0.39 is 0 Å². The Morgan fingerprint density at radius 3 is 2.68 bits per heavy atom. The molecule has 2 heterocycles. The first-order valence-electron chi connectivity index (χ1n) is 7.52. The van der Waals surface area contributed by atoms with E-state index in [0.29, 0.717) is 10.1 Å². The van der Waals surface area contributed by atoms with Crippen LogP contribution in [0.1, 0.15) is 6.92 Å². The van der Waals surface area contributed by atoms with Crippen molar-refractivity contribution < 1.29 is 9.53 Å². The van der Waals surface area contributed by atoms with Gasteiger partial charge in [0.25, 0.3) is 0 Å². The second-order valence-corrected chi connectivity index (χ2v) is 7.44. The highest BCUT2D eigenvalue weighted by Gasteiger charge is 2.17. The van der Waals surface area contributed by atoms with Crippen molar-refractivity contribution in [3.63, 3.8) is 0 Å². The summed E-state index contributed by atoms with van der Waals surface area (Å²) in [5, 5.41) is 11.8. The minimum atomic E-state index is -0.268. The summed E-state index contributed by atoms with van der Waals surface area (Å²) in [6, 6.07) is 13.2. The number of aromatic nitrogens is 3. The average Bonchev–Trinajstić information content (AvgIpc) is 3.11. The highest BCUT2D eigenvalue weighted by molar-refractivity contribution is 8.00. The Hall–Kier alpha value is -2.45. The van der Waals surface area contributed by atoms with Crippen LogP contribution < -0.4 is 10.1 Å². The third-order valence-electron chi connectivity index (χ3n) is 3.28. The van der Waals surface area contributed by atoms with Gasteiger partial charge in [-0.2, -0.15) is 0 Å². The van der Waals surface area contributed by atoms with E-state index in [1.807, 2.05) is 49.4 Å². The molecule has 0 saturated carbocycles. The van der Waals surface area contributed by atoms with Crippen LogP contribution in [-0.2, 0) is 4.79 Å². The van der Waals surface area contributed by atoms with Crippen molar-refractivity contribution in [3.8, 4) is 16.5 Å². The molecule has 1 amide bonds. The SMILES string of the molecule is COc1ccc(SC(C)C(=O)Nc2nnc(-c3ccccn3)s2)cc1. The minimum Gasteiger partial charge on any atom is -0.497 e. The summed E-state index contributed by atoms with van der Waals surface area (Å²) < 4.78 is 5.13. The van der Waals surface area contributed by atoms with Gasteiger partial charge in [-0.3, -0.25) is 15.1 Å². The molecule has 3 rings (SSSR count). The van der Waals surface area contributed by atoms with E-state index in [1.54, 1.807) is 13.3 Å². The molecule has 0 radical (unpaired) electrons. The number of amides is 1. The number of methoxy groups -OCH3 is 1. The molecule has 0 saturated heterocycles. The van der Waals surface area contributed by atoms with Crippen molar-refractivity contribution in [2.45, 2.75) is 17.1 Å². The van der Waals surface area contributed by atoms with Crippen LogP contribution in [-0.4, -0.2) is 33.4 Å². The Balaban J connectivity index is 1.60. The van der Waals surface area contributed by atoms with Gasteiger partial charge in [-0.25, -0.2) is 0 Å². The number of rotatable bonds is 6. The first-order valence-corrected chi connectivity index (χ1v) is 9.22. The van der Waals surface area contributed by atoms with E-state index in [-0.39, 0.29) is 11.2 Å². The van der Waals surface area contributed by atoms with Crippen molar-refractivity contribution >= 4 is 34.1 Å². The molecule has 0 aliphatic rings. The van der Waals surface area contributed by atoms with Gasteiger partial charge in [0.2, 0.25) is 11.0 Å². The number of nitrogens with one attached hydrogen (secondary N) is 1. The molecule has 8 heteroatoms. The summed E-state index contributed by atoms with van der Waals surface area (Å²) in [7, 11) is 1.62. The molecule has 25 heavy (non-hydrogen) atoms. The maximum atomic E-state index is 12.4. The number of ether oxygens (including phenoxy) is 1. The molecule has 6 nitrogen and oxygen atoms in total. The molecular formula is C17H16N4O2S2. The number of anilines is 1. The second kappa shape index (κ2) is 8.09. The van der Waals surface area contributed by atoms with E-state index in [2.05, 4.69) is 20.5 Å². The van der Waals surface area contributed by atoms with Crippen LogP contribution in [0, 0.1) is 0 Å². The van der Waals surface area contributed by atoms with Gasteiger partial charge in [0, 0.05) is 11.1 Å². The van der Waals surface area contributed by atoms with Gasteiger partial charge in [-0.15, -0.1) is 22.0 Å². The lowest BCUT2D eigenvalue weighted by Crippen LogP contribution is -2.22. The molecular weight excluding hydrogens is 356 g/mol. The molecule has 3 aromatic rings. The first kappa shape index (κ1) is 17.4. The van der Waals surface area contributed by atoms with Gasteiger partial charge in [-0.05, 0) is 43.3 Å². The van der Waals surface area contributed by atoms with Crippen LogP contribution >= 0.6 is 23.1 Å². The number of hydrogen-bond acceptors (Lipinski definition) is 7. The van der Waals surface area contributed by atoms with Crippen LogP contribution in [0.2, 0.25) is 0 Å². The molecule has 1 unspecified atom stereocenters. The third-order valence-corrected chi connectivity index (χ3v) is 5.25. The molecule has 0 aliphatic carbocycles. The van der Waals surface area contributed by atoms with Gasteiger partial charge < -0.3 is 4.74 Å². The summed E-state index contributed by atoms with van der Waals surface area (Å²) in [6.45, 7) is 1.85. The second-order valence-electron chi connectivity index (χ2n) is 5.05. The fourth-order valence-corrected chi connectivity index (χ4v) is 3.58. The average molecular weight is 372 g/mol. The Bertz CT molecular complexity index is 837. The molecule has 0 fully saturated rings. The Labute approximate surface area is 153 Å². The largest absolute Gasteiger partial charge is 0.497 e. The maximum Gasteiger partial charge on any atom is 0.239 e. The number of carbonyl (C=O) groups is 1. The lowest BCUT2D eigenvalue weighted by molar-refractivity contribution is -0.115. The zero-order valence-corrected chi connectivity index (χ0v) is 15.3. The third kappa shape index (κ3) is 4.55. The minimum absolute atomic E-state index is 0.121. The van der Waals surface area contributed by atoms with E-state index in [9.17, 15) is 4.79 Å². The highest BCUT2D eigenvalue weighted by Crippen LogP contribution is 2.28. The van der Waals surface area contributed by atoms with E-state index >= 15 is 0 Å². The van der Waals surface area contributed by atoms with Crippen molar-refractivity contribution in [2.24, 2.45) is 0 Å². The summed E-state index contributed by atoms with van der Waals surface area (Å²) >= 11 is 2.77. The van der Waals surface area contributed by atoms with Gasteiger partial charge >= 0.3 is 0 Å². The molecule has 128 valence electrons. The van der Waals surface area contributed by atoms with E-state index in [1.165, 1.54) is 23.1 Å². The predicted octanol–water partition coefficient (Wildman–Crippen LogP) is 3.73. The number of pyridine rings is 1. The fraction of sp³-hybridized carbons (Fsp3) is 0.176. The molecule has 1 atom stereocenters. The van der Waals surface area contributed by atoms with Crippen LogP contribution in [0.15, 0.2) is 53.6 Å². The summed E-state index contributed by atoms with van der Waals surface area (Å²) in [6.07, 6.45) is 1.70. The predicted molar refractivity (Wildman–Crippen MR) is 100 cm³/mol. The van der Waals surface area contributed by atoms with Gasteiger partial charge in [0.15, 0.2) is 5.01 Å². The van der Waals surface area contributed by atoms with Crippen LogP contribution in [0.5, 0.6) is 5.75 Å². The number of carbonyl (C=O) groups excluding carboxylic acids is 1. The van der Waals surface area contributed by atoms with Crippen molar-refractivity contribution in [1.29, 1.82) is 0 Å². The van der Waals surface area contributed by atoms with Crippen molar-refractivity contribution in [3.05, 3.63) is 48.7 Å². The number of thioether (sulfide) groups is 1. The standard InChI is InChI=1S/C17H16N4O2S2/c1-11(24-13-8-6-12(23-2)7-9-13)15(22)19-17-21-20-16(25-17)14-5-3-4-10-18-14/h3-11H,1-2H3,(H,19,21,22). The molecule has 0 bridgehead atoms. The van der Waals surface area contributed by atoms with Crippen molar-refractivity contribution in [1.82, 2.24) is 15.2 Å². The number of hydrogen-bond donors (Lipinski definition) is 1. The van der Waals surface area contributed by atoms with Crippen LogP contribution in [0.3, 0.4) is 0 Å². The normalized spacial score (nSPS) is 11.8. The van der Waals surface area contributed by atoms with Gasteiger partial charge in [0.05, 0.1) is 12.4 Å². The molecule has 1 aromatic carbocycles. The molecule has 0 aliphatic heterocycles.